The van der Waals surface area contributed by atoms with E-state index < -0.39 is 49.5 Å². The maximum atomic E-state index is 13.5. The number of amides is 2. The number of rotatable bonds is 8. The second-order valence-electron chi connectivity index (χ2n) is 9.67. The number of imide groups is 1. The summed E-state index contributed by atoms with van der Waals surface area (Å²) < 4.78 is 107. The van der Waals surface area contributed by atoms with Crippen molar-refractivity contribution in [1.29, 1.82) is 0 Å². The van der Waals surface area contributed by atoms with E-state index >= 15 is 0 Å². The number of nitrogens with zero attached hydrogens (tertiary/aromatic N) is 3. The zero-order valence-corrected chi connectivity index (χ0v) is 24.9. The number of thioether (sulfide) groups is 1. The van der Waals surface area contributed by atoms with Gasteiger partial charge in [0.15, 0.2) is 0 Å². The number of fused-ring (bicyclic) bond motifs is 1. The second kappa shape index (κ2) is 12.2. The predicted octanol–water partition coefficient (Wildman–Crippen LogP) is 6.79. The standard InChI is InChI=1S/C28H19ClF6N4O4S2/c29-20-5-2-17(22(13-20)28(33,34)35)15-39-23-8-1-16(11-18(23)14-36-39)12-24-25(40)38(26(41)44-24)10-9-37-45(42,43)21-6-3-19(4-7-21)27(30,31)32/h1-8,11-14,37H,9-10,15H2/b24-12-. The molecule has 45 heavy (non-hydrogen) atoms. The van der Waals surface area contributed by atoms with Crippen LogP contribution >= 0.6 is 23.4 Å². The minimum atomic E-state index is -4.63. The Morgan fingerprint density at radius 2 is 1.64 bits per heavy atom. The highest BCUT2D eigenvalue weighted by Crippen LogP contribution is 2.35. The minimum Gasteiger partial charge on any atom is -0.268 e. The van der Waals surface area contributed by atoms with E-state index in [4.69, 9.17) is 11.6 Å². The van der Waals surface area contributed by atoms with Gasteiger partial charge < -0.3 is 0 Å². The Hall–Kier alpha value is -3.86. The number of halogens is 7. The Morgan fingerprint density at radius 3 is 2.31 bits per heavy atom. The molecular weight excluding hydrogens is 670 g/mol. The molecule has 1 aromatic heterocycles. The fraction of sp³-hybridized carbons (Fsp3) is 0.179. The van der Waals surface area contributed by atoms with Crippen molar-refractivity contribution in [2.75, 3.05) is 13.1 Å². The SMILES string of the molecule is O=C1S/C(=C\c2ccc3c(cnn3Cc3ccc(Cl)cc3C(F)(F)F)c2)C(=O)N1CCNS(=O)(=O)c1ccc(C(F)(F)F)cc1. The van der Waals surface area contributed by atoms with Crippen LogP contribution in [0.25, 0.3) is 17.0 Å². The number of carbonyl (C=O) groups excluding carboxylic acids is 2. The van der Waals surface area contributed by atoms with Crippen molar-refractivity contribution < 1.29 is 44.3 Å². The zero-order chi connectivity index (χ0) is 32.7. The molecule has 0 aliphatic carbocycles. The number of sulfonamides is 1. The molecule has 1 aliphatic heterocycles. The molecule has 3 aromatic carbocycles. The molecule has 0 bridgehead atoms. The van der Waals surface area contributed by atoms with Gasteiger partial charge in [-0.1, -0.05) is 23.7 Å². The molecule has 8 nitrogen and oxygen atoms in total. The van der Waals surface area contributed by atoms with Crippen molar-refractivity contribution in [3.8, 4) is 0 Å². The van der Waals surface area contributed by atoms with Gasteiger partial charge in [0, 0.05) is 23.5 Å². The van der Waals surface area contributed by atoms with Crippen LogP contribution in [0.4, 0.5) is 31.1 Å². The Kier molecular flexibility index (Phi) is 8.78. The maximum Gasteiger partial charge on any atom is 0.416 e. The van der Waals surface area contributed by atoms with Gasteiger partial charge in [0.2, 0.25) is 10.0 Å². The summed E-state index contributed by atoms with van der Waals surface area (Å²) in [6, 6.07) is 11.2. The monoisotopic (exact) mass is 688 g/mol. The predicted molar refractivity (Wildman–Crippen MR) is 155 cm³/mol. The molecule has 0 atom stereocenters. The van der Waals surface area contributed by atoms with Gasteiger partial charge in [-0.2, -0.15) is 31.4 Å². The Bertz CT molecular complexity index is 1940. The van der Waals surface area contributed by atoms with Crippen LogP contribution in [0.3, 0.4) is 0 Å². The van der Waals surface area contributed by atoms with E-state index in [9.17, 15) is 44.3 Å². The van der Waals surface area contributed by atoms with Crippen molar-refractivity contribution >= 4 is 61.5 Å². The van der Waals surface area contributed by atoms with Crippen LogP contribution in [-0.4, -0.2) is 47.3 Å². The topological polar surface area (TPSA) is 101 Å². The summed E-state index contributed by atoms with van der Waals surface area (Å²) in [5.74, 6) is -0.683. The van der Waals surface area contributed by atoms with Gasteiger partial charge in [-0.15, -0.1) is 0 Å². The maximum absolute atomic E-state index is 13.5. The van der Waals surface area contributed by atoms with Crippen LogP contribution in [0.1, 0.15) is 22.3 Å². The van der Waals surface area contributed by atoms with Crippen LogP contribution in [0, 0.1) is 0 Å². The van der Waals surface area contributed by atoms with Gasteiger partial charge in [0.25, 0.3) is 11.1 Å². The molecule has 0 saturated carbocycles. The minimum absolute atomic E-state index is 0.0312. The lowest BCUT2D eigenvalue weighted by atomic mass is 10.1. The summed E-state index contributed by atoms with van der Waals surface area (Å²) in [7, 11) is -4.22. The van der Waals surface area contributed by atoms with Crippen LogP contribution in [0.2, 0.25) is 5.02 Å². The lowest BCUT2D eigenvalue weighted by Gasteiger charge is -2.14. The highest BCUT2D eigenvalue weighted by Gasteiger charge is 2.36. The van der Waals surface area contributed by atoms with Crippen LogP contribution in [0.15, 0.2) is 76.7 Å². The molecule has 1 aliphatic rings. The van der Waals surface area contributed by atoms with Crippen LogP contribution in [0.5, 0.6) is 0 Å². The lowest BCUT2D eigenvalue weighted by Crippen LogP contribution is -2.37. The number of nitrogens with one attached hydrogen (secondary N) is 1. The average molecular weight is 689 g/mol. The molecule has 5 rings (SSSR count). The third-order valence-corrected chi connectivity index (χ3v) is 9.27. The first-order chi connectivity index (χ1) is 21.0. The van der Waals surface area contributed by atoms with Gasteiger partial charge in [-0.25, -0.2) is 13.1 Å². The van der Waals surface area contributed by atoms with E-state index in [1.807, 2.05) is 0 Å². The fourth-order valence-corrected chi connectivity index (χ4v) is 6.53. The van der Waals surface area contributed by atoms with E-state index in [2.05, 4.69) is 9.82 Å². The zero-order valence-electron chi connectivity index (χ0n) is 22.5. The van der Waals surface area contributed by atoms with Crippen molar-refractivity contribution in [1.82, 2.24) is 19.4 Å². The summed E-state index contributed by atoms with van der Waals surface area (Å²) in [6.07, 6.45) is -6.36. The third-order valence-electron chi connectivity index (χ3n) is 6.65. The molecule has 0 radical (unpaired) electrons. The summed E-state index contributed by atoms with van der Waals surface area (Å²) in [5.41, 5.74) is -0.909. The van der Waals surface area contributed by atoms with Crippen molar-refractivity contribution in [2.24, 2.45) is 0 Å². The largest absolute Gasteiger partial charge is 0.416 e. The first-order valence-electron chi connectivity index (χ1n) is 12.8. The van der Waals surface area contributed by atoms with Crippen LogP contribution < -0.4 is 4.72 Å². The molecule has 1 N–H and O–H groups in total. The molecule has 1 fully saturated rings. The molecule has 17 heteroatoms. The summed E-state index contributed by atoms with van der Waals surface area (Å²) in [5, 5.41) is 4.05. The summed E-state index contributed by atoms with van der Waals surface area (Å²) in [4.78, 5) is 25.8. The molecule has 4 aromatic rings. The Labute approximate surface area is 260 Å². The molecule has 1 saturated heterocycles. The first kappa shape index (κ1) is 32.5. The number of hydrogen-bond donors (Lipinski definition) is 1. The summed E-state index contributed by atoms with van der Waals surface area (Å²) in [6.45, 7) is -0.905. The van der Waals surface area contributed by atoms with Gasteiger partial charge >= 0.3 is 12.4 Å². The van der Waals surface area contributed by atoms with Crippen molar-refractivity contribution in [3.63, 3.8) is 0 Å². The number of hydrogen-bond acceptors (Lipinski definition) is 6. The second-order valence-corrected chi connectivity index (χ2v) is 12.9. The average Bonchev–Trinajstić information content (AvgIpc) is 3.47. The van der Waals surface area contributed by atoms with E-state index in [1.54, 1.807) is 18.2 Å². The normalized spacial score (nSPS) is 15.5. The number of aromatic nitrogens is 2. The van der Waals surface area contributed by atoms with Gasteiger partial charge in [0.05, 0.1) is 39.2 Å². The van der Waals surface area contributed by atoms with Crippen molar-refractivity contribution in [2.45, 2.75) is 23.8 Å². The van der Waals surface area contributed by atoms with Crippen molar-refractivity contribution in [3.05, 3.63) is 99.0 Å². The van der Waals surface area contributed by atoms with E-state index in [1.165, 1.54) is 29.1 Å². The third kappa shape index (κ3) is 7.19. The Morgan fingerprint density at radius 1 is 0.933 bits per heavy atom. The molecule has 2 amide bonds. The van der Waals surface area contributed by atoms with Crippen LogP contribution in [-0.2, 0) is 33.7 Å². The fourth-order valence-electron chi connectivity index (χ4n) is 4.48. The molecule has 0 spiro atoms. The molecule has 0 unspecified atom stereocenters. The Balaban J connectivity index is 1.25. The van der Waals surface area contributed by atoms with E-state index in [0.717, 1.165) is 23.1 Å². The molecular formula is C28H19ClF6N4O4S2. The smallest absolute Gasteiger partial charge is 0.268 e. The van der Waals surface area contributed by atoms with Gasteiger partial charge in [-0.3, -0.25) is 19.2 Å². The highest BCUT2D eigenvalue weighted by atomic mass is 35.5. The van der Waals surface area contributed by atoms with Gasteiger partial charge in [0.1, 0.15) is 0 Å². The van der Waals surface area contributed by atoms with E-state index in [-0.39, 0.29) is 35.1 Å². The summed E-state index contributed by atoms with van der Waals surface area (Å²) >= 11 is 6.39. The number of alkyl halides is 6. The molecule has 2 heterocycles. The number of carbonyl (C=O) groups is 2. The first-order valence-corrected chi connectivity index (χ1v) is 15.4. The van der Waals surface area contributed by atoms with E-state index in [0.29, 0.717) is 40.4 Å². The highest BCUT2D eigenvalue weighted by molar-refractivity contribution is 8.18. The number of benzene rings is 3. The molecule has 236 valence electrons. The van der Waals surface area contributed by atoms with Gasteiger partial charge in [-0.05, 0) is 77.5 Å². The lowest BCUT2D eigenvalue weighted by molar-refractivity contribution is -0.138. The quantitative estimate of drug-likeness (QED) is 0.162.